The smallest absolute Gasteiger partial charge is 0.334 e. The van der Waals surface area contributed by atoms with Gasteiger partial charge >= 0.3 is 5.97 Å². The number of hydrogen-bond acceptors (Lipinski definition) is 7. The first-order chi connectivity index (χ1) is 27.2. The van der Waals surface area contributed by atoms with Gasteiger partial charge in [-0.2, -0.15) is 0 Å². The first-order valence-electron chi connectivity index (χ1n) is 24.5. The van der Waals surface area contributed by atoms with Crippen LogP contribution in [0.1, 0.15) is 209 Å². The van der Waals surface area contributed by atoms with E-state index in [-0.39, 0.29) is 52.7 Å². The molecule has 3 rings (SSSR count). The Hall–Kier alpha value is -0.556. The highest BCUT2D eigenvalue weighted by molar-refractivity contribution is 6.74. The summed E-state index contributed by atoms with van der Waals surface area (Å²) >= 11 is 0. The van der Waals surface area contributed by atoms with Crippen LogP contribution in [0, 0.1) is 0 Å². The second-order valence-electron chi connectivity index (χ2n) is 21.7. The Bertz CT molecular complexity index is 1190. The van der Waals surface area contributed by atoms with Gasteiger partial charge in [-0.25, -0.2) is 4.79 Å². The van der Waals surface area contributed by atoms with E-state index < -0.39 is 22.7 Å². The summed E-state index contributed by atoms with van der Waals surface area (Å²) < 4.78 is 33.1. The van der Waals surface area contributed by atoms with Crippen LogP contribution in [0.15, 0.2) is 11.6 Å². The van der Waals surface area contributed by atoms with Crippen LogP contribution in [0.2, 0.25) is 36.3 Å². The summed E-state index contributed by atoms with van der Waals surface area (Å²) in [6.07, 6.45) is 29.2. The Morgan fingerprint density at radius 3 is 1.74 bits per heavy atom. The Morgan fingerprint density at radius 1 is 0.672 bits per heavy atom. The van der Waals surface area contributed by atoms with Crippen molar-refractivity contribution in [2.75, 3.05) is 0 Å². The highest BCUT2D eigenvalue weighted by Crippen LogP contribution is 2.42. The zero-order valence-corrected chi connectivity index (χ0v) is 42.1. The molecular formula is C49H94O7Si2. The van der Waals surface area contributed by atoms with Gasteiger partial charge in [0.25, 0.3) is 0 Å². The minimum absolute atomic E-state index is 0.0123. The number of cyclic esters (lactones) is 1. The number of carbonyl (C=O) groups is 1. The van der Waals surface area contributed by atoms with Crippen LogP contribution in [0.4, 0.5) is 0 Å². The fraction of sp³-hybridized carbons (Fsp3) is 0.939. The summed E-state index contributed by atoms with van der Waals surface area (Å²) in [6, 6.07) is 0. The van der Waals surface area contributed by atoms with E-state index in [0.29, 0.717) is 12.5 Å². The maximum Gasteiger partial charge on any atom is 0.334 e. The Morgan fingerprint density at radius 2 is 1.19 bits per heavy atom. The van der Waals surface area contributed by atoms with Crippen molar-refractivity contribution in [1.82, 2.24) is 0 Å². The molecule has 0 aromatic rings. The lowest BCUT2D eigenvalue weighted by Gasteiger charge is -2.43. The van der Waals surface area contributed by atoms with E-state index in [4.69, 9.17) is 23.1 Å². The predicted molar refractivity (Wildman–Crippen MR) is 248 cm³/mol. The van der Waals surface area contributed by atoms with Gasteiger partial charge in [-0.1, -0.05) is 132 Å². The van der Waals surface area contributed by atoms with Crippen LogP contribution in [0.25, 0.3) is 0 Å². The fourth-order valence-corrected chi connectivity index (χ4v) is 11.4. The lowest BCUT2D eigenvalue weighted by Crippen LogP contribution is -2.49. The first-order valence-corrected chi connectivity index (χ1v) is 30.3. The van der Waals surface area contributed by atoms with Crippen molar-refractivity contribution in [3.63, 3.8) is 0 Å². The van der Waals surface area contributed by atoms with E-state index in [1.165, 1.54) is 83.5 Å². The molecule has 3 aliphatic rings. The number of aliphatic hydroxyl groups excluding tert-OH is 1. The van der Waals surface area contributed by atoms with Gasteiger partial charge in [-0.15, -0.1) is 0 Å². The lowest BCUT2D eigenvalue weighted by molar-refractivity contribution is -0.139. The molecule has 58 heavy (non-hydrogen) atoms. The molecular weight excluding hydrogens is 757 g/mol. The van der Waals surface area contributed by atoms with Crippen molar-refractivity contribution >= 4 is 22.6 Å². The Labute approximate surface area is 360 Å². The molecule has 0 aromatic carbocycles. The maximum atomic E-state index is 11.8. The molecule has 8 atom stereocenters. The summed E-state index contributed by atoms with van der Waals surface area (Å²) in [7, 11) is -4.04. The van der Waals surface area contributed by atoms with Gasteiger partial charge < -0.3 is 28.2 Å². The Balaban J connectivity index is 1.47. The molecule has 3 aliphatic heterocycles. The number of carbonyl (C=O) groups excluding carboxylic acids is 1. The van der Waals surface area contributed by atoms with Gasteiger partial charge in [-0.3, -0.25) is 0 Å². The van der Waals surface area contributed by atoms with E-state index in [2.05, 4.69) is 74.7 Å². The molecule has 340 valence electrons. The molecule has 3 heterocycles. The number of esters is 1. The van der Waals surface area contributed by atoms with Crippen LogP contribution in [-0.4, -0.2) is 76.5 Å². The molecule has 0 aromatic heterocycles. The largest absolute Gasteiger partial charge is 0.455 e. The quantitative estimate of drug-likeness (QED) is 0.0477. The standard InChI is InChI=1S/C49H94O7Si2/c1-13-14-15-25-29-40-30-27-32-43(53-40)46(56-58(11,12)49(6,7)8)34-33-41(50)42-35-36-44(54-42)45(55-57(9,10)48(3,4)5)31-26-23-21-19-17-16-18-20-22-24-28-39-37-38(2)52-47(39)51/h37-38,40-46,50H,13-36H2,1-12H3/t38-,40-,41+,42+,43-,44+,45+,46-/m0/s1. The van der Waals surface area contributed by atoms with Crippen LogP contribution in [0.5, 0.6) is 0 Å². The summed E-state index contributed by atoms with van der Waals surface area (Å²) in [5.41, 5.74) is 0.875. The van der Waals surface area contributed by atoms with Crippen LogP contribution < -0.4 is 0 Å². The molecule has 2 fully saturated rings. The number of rotatable bonds is 28. The number of aliphatic hydroxyl groups is 1. The lowest BCUT2D eigenvalue weighted by atomic mass is 9.94. The first kappa shape index (κ1) is 51.8. The third-order valence-electron chi connectivity index (χ3n) is 14.5. The summed E-state index contributed by atoms with van der Waals surface area (Å²) in [5, 5.41) is 12.0. The summed E-state index contributed by atoms with van der Waals surface area (Å²) in [4.78, 5) is 11.8. The molecule has 9 heteroatoms. The van der Waals surface area contributed by atoms with E-state index >= 15 is 0 Å². The molecule has 7 nitrogen and oxygen atoms in total. The zero-order chi connectivity index (χ0) is 43.0. The number of hydrogen-bond donors (Lipinski definition) is 1. The van der Waals surface area contributed by atoms with Gasteiger partial charge in [0.05, 0.1) is 42.7 Å². The van der Waals surface area contributed by atoms with Gasteiger partial charge in [0.15, 0.2) is 16.6 Å². The molecule has 2 saturated heterocycles. The maximum absolute atomic E-state index is 11.8. The van der Waals surface area contributed by atoms with Gasteiger partial charge in [0.2, 0.25) is 0 Å². The topological polar surface area (TPSA) is 83.5 Å². The second kappa shape index (κ2) is 24.9. The van der Waals surface area contributed by atoms with Gasteiger partial charge in [-0.05, 0) is 120 Å². The Kier molecular flexibility index (Phi) is 22.3. The minimum atomic E-state index is -2.04. The minimum Gasteiger partial charge on any atom is -0.455 e. The van der Waals surface area contributed by atoms with Crippen LogP contribution in [0.3, 0.4) is 0 Å². The van der Waals surface area contributed by atoms with Crippen molar-refractivity contribution in [3.05, 3.63) is 11.6 Å². The second-order valence-corrected chi connectivity index (χ2v) is 31.2. The van der Waals surface area contributed by atoms with E-state index in [1.54, 1.807) is 0 Å². The highest BCUT2D eigenvalue weighted by atomic mass is 28.4. The average molecular weight is 851 g/mol. The molecule has 0 aliphatic carbocycles. The van der Waals surface area contributed by atoms with E-state index in [1.807, 2.05) is 13.0 Å². The fourth-order valence-electron chi connectivity index (χ4n) is 8.62. The van der Waals surface area contributed by atoms with E-state index in [0.717, 1.165) is 69.8 Å². The zero-order valence-electron chi connectivity index (χ0n) is 40.1. The number of ether oxygens (including phenoxy) is 3. The van der Waals surface area contributed by atoms with Gasteiger partial charge in [0, 0.05) is 5.57 Å². The third kappa shape index (κ3) is 17.7. The third-order valence-corrected chi connectivity index (χ3v) is 23.5. The summed E-state index contributed by atoms with van der Waals surface area (Å²) in [6.45, 7) is 27.6. The van der Waals surface area contributed by atoms with Crippen LogP contribution >= 0.6 is 0 Å². The highest BCUT2D eigenvalue weighted by Gasteiger charge is 2.45. The van der Waals surface area contributed by atoms with Crippen molar-refractivity contribution in [3.8, 4) is 0 Å². The molecule has 0 spiro atoms. The molecule has 0 amide bonds. The molecule has 0 bridgehead atoms. The van der Waals surface area contributed by atoms with Crippen LogP contribution in [-0.2, 0) is 27.9 Å². The van der Waals surface area contributed by atoms with Crippen molar-refractivity contribution < 1.29 is 33.0 Å². The van der Waals surface area contributed by atoms with Crippen molar-refractivity contribution in [2.24, 2.45) is 0 Å². The average Bonchev–Trinajstić information content (AvgIpc) is 3.76. The van der Waals surface area contributed by atoms with Gasteiger partial charge in [0.1, 0.15) is 6.10 Å². The SMILES string of the molecule is CCCCCC[C@H]1CCC[C@@H]([C@H](CC[C@@H](O)[C@H]2CC[C@H]([C@@H](CCCCCCCCCCCCC3=C[C@H](C)OC3=O)O[Si](C)(C)C(C)(C)C)O2)O[Si](C)(C)C(C)(C)C)O1. The monoisotopic (exact) mass is 851 g/mol. The van der Waals surface area contributed by atoms with Crippen molar-refractivity contribution in [2.45, 2.75) is 295 Å². The molecule has 0 saturated carbocycles. The molecule has 0 radical (unpaired) electrons. The molecule has 1 N–H and O–H groups in total. The van der Waals surface area contributed by atoms with E-state index in [9.17, 15) is 9.90 Å². The predicted octanol–water partition coefficient (Wildman–Crippen LogP) is 13.9. The normalized spacial score (nSPS) is 25.2. The summed E-state index contributed by atoms with van der Waals surface area (Å²) in [5.74, 6) is -0.113. The number of unbranched alkanes of at least 4 members (excludes halogenated alkanes) is 12. The molecule has 0 unspecified atom stereocenters. The van der Waals surface area contributed by atoms with Crippen molar-refractivity contribution in [1.29, 1.82) is 0 Å².